The lowest BCUT2D eigenvalue weighted by molar-refractivity contribution is 0.112. The van der Waals surface area contributed by atoms with Gasteiger partial charge in [0.15, 0.2) is 0 Å². The largest absolute Gasteiger partial charge is 0.491 e. The Bertz CT molecular complexity index is 2110. The highest BCUT2D eigenvalue weighted by Gasteiger charge is 2.39. The number of rotatable bonds is 14. The van der Waals surface area contributed by atoms with E-state index in [0.29, 0.717) is 19.8 Å². The van der Waals surface area contributed by atoms with Gasteiger partial charge in [0, 0.05) is 27.9 Å². The Kier molecular flexibility index (Phi) is 13.8. The molecule has 2 aliphatic rings. The summed E-state index contributed by atoms with van der Waals surface area (Å²) in [5, 5.41) is 0. The van der Waals surface area contributed by atoms with Crippen molar-refractivity contribution in [3.05, 3.63) is 165 Å². The predicted octanol–water partition coefficient (Wildman–Crippen LogP) is 14.7. The molecule has 0 fully saturated rings. The highest BCUT2D eigenvalue weighted by Crippen LogP contribution is 2.63. The normalized spacial score (nSPS) is 14.8. The average molecular weight is 868 g/mol. The lowest BCUT2D eigenvalue weighted by Gasteiger charge is -2.38. The van der Waals surface area contributed by atoms with Gasteiger partial charge in [-0.05, 0) is 74.6 Å². The van der Waals surface area contributed by atoms with E-state index in [1.807, 2.05) is 70.6 Å². The number of ether oxygens (including phenoxy) is 2. The van der Waals surface area contributed by atoms with Crippen molar-refractivity contribution in [1.82, 2.24) is 4.98 Å². The van der Waals surface area contributed by atoms with Gasteiger partial charge >= 0.3 is 0 Å². The van der Waals surface area contributed by atoms with Crippen molar-refractivity contribution in [2.24, 2.45) is 0 Å². The molecule has 0 aliphatic carbocycles. The third-order valence-electron chi connectivity index (χ3n) is 10.4. The smallest absolute Gasteiger partial charge is 0.119 e. The number of hydrogen-bond donors (Lipinski definition) is 1. The summed E-state index contributed by atoms with van der Waals surface area (Å²) in [7, 11) is 0. The quantitative estimate of drug-likeness (QED) is 0.0873. The lowest BCUT2D eigenvalue weighted by atomic mass is 9.64. The number of aryl methyl sites for hydroxylation is 1. The minimum atomic E-state index is -0.530. The number of aromatic nitrogens is 1. The molecule has 0 bridgehead atoms. The molecule has 0 atom stereocenters. The van der Waals surface area contributed by atoms with Crippen LogP contribution in [-0.2, 0) is 27.4 Å². The Morgan fingerprint density at radius 1 is 0.544 bits per heavy atom. The first-order chi connectivity index (χ1) is 27.4. The van der Waals surface area contributed by atoms with Crippen LogP contribution in [0.2, 0.25) is 0 Å². The fourth-order valence-corrected chi connectivity index (χ4v) is 15.2. The summed E-state index contributed by atoms with van der Waals surface area (Å²) in [6.07, 6.45) is 7.37. The van der Waals surface area contributed by atoms with Crippen molar-refractivity contribution >= 4 is 70.6 Å². The van der Waals surface area contributed by atoms with Crippen molar-refractivity contribution in [2.45, 2.75) is 80.9 Å². The molecule has 3 nitrogen and oxygen atoms in total. The number of fused-ring (bicyclic) bond motifs is 1. The Morgan fingerprint density at radius 2 is 1.00 bits per heavy atom. The minimum Gasteiger partial charge on any atom is -0.491 e. The molecule has 1 N–H and O–H groups in total. The van der Waals surface area contributed by atoms with Crippen LogP contribution in [0.25, 0.3) is 0 Å². The van der Waals surface area contributed by atoms with E-state index in [1.54, 1.807) is 0 Å². The van der Waals surface area contributed by atoms with E-state index in [2.05, 4.69) is 169 Å². The number of hydrogen-bond acceptors (Lipinski definition) is 8. The Morgan fingerprint density at radius 3 is 1.49 bits per heavy atom. The number of benzene rings is 4. The van der Waals surface area contributed by atoms with Crippen LogP contribution < -0.4 is 4.74 Å². The summed E-state index contributed by atoms with van der Waals surface area (Å²) in [5.41, 5.74) is 8.54. The Labute approximate surface area is 366 Å². The molecule has 0 radical (unpaired) electrons. The van der Waals surface area contributed by atoms with Gasteiger partial charge in [-0.2, -0.15) is 0 Å². The molecule has 5 aromatic rings. The molecule has 57 heavy (non-hydrogen) atoms. The van der Waals surface area contributed by atoms with Gasteiger partial charge in [-0.3, -0.25) is 0 Å². The van der Waals surface area contributed by atoms with Crippen molar-refractivity contribution in [3.63, 3.8) is 0 Å². The second kappa shape index (κ2) is 18.4. The first-order valence-corrected chi connectivity index (χ1v) is 25.0. The van der Waals surface area contributed by atoms with Crippen LogP contribution in [0.3, 0.4) is 0 Å². The van der Waals surface area contributed by atoms with E-state index in [1.165, 1.54) is 65.7 Å². The number of aromatic amines is 1. The van der Waals surface area contributed by atoms with E-state index in [4.69, 9.17) is 9.47 Å². The van der Waals surface area contributed by atoms with Crippen LogP contribution in [0, 0.1) is 0 Å². The fourth-order valence-electron chi connectivity index (χ4n) is 7.11. The summed E-state index contributed by atoms with van der Waals surface area (Å²) >= 11 is 11.3. The summed E-state index contributed by atoms with van der Waals surface area (Å²) < 4.78 is 17.9. The van der Waals surface area contributed by atoms with E-state index in [-0.39, 0.29) is 10.8 Å². The molecule has 0 saturated heterocycles. The van der Waals surface area contributed by atoms with Crippen molar-refractivity contribution in [3.8, 4) is 5.75 Å². The molecule has 9 heteroatoms. The molecule has 4 aromatic carbocycles. The molecule has 0 spiro atoms. The van der Waals surface area contributed by atoms with Gasteiger partial charge in [0.1, 0.15) is 12.4 Å². The van der Waals surface area contributed by atoms with Crippen LogP contribution in [0.4, 0.5) is 0 Å². The maximum Gasteiger partial charge on any atom is 0.119 e. The zero-order valence-electron chi connectivity index (χ0n) is 34.2. The van der Waals surface area contributed by atoms with Gasteiger partial charge in [0.2, 0.25) is 0 Å². The zero-order chi connectivity index (χ0) is 40.2. The highest BCUT2D eigenvalue weighted by molar-refractivity contribution is 8.42. The maximum absolute atomic E-state index is 6.27. The first-order valence-electron chi connectivity index (χ1n) is 19.6. The number of nitrogens with one attached hydrogen (secondary N) is 1. The minimum absolute atomic E-state index is 0.0628. The van der Waals surface area contributed by atoms with Crippen LogP contribution >= 0.6 is 70.6 Å². The van der Waals surface area contributed by atoms with E-state index in [9.17, 15) is 0 Å². The molecular weight excluding hydrogens is 815 g/mol. The molecular formula is C48H53NO2S6. The summed E-state index contributed by atoms with van der Waals surface area (Å²) in [4.78, 5) is 5.88. The van der Waals surface area contributed by atoms with Crippen LogP contribution in [0.15, 0.2) is 136 Å². The molecule has 2 aliphatic heterocycles. The van der Waals surface area contributed by atoms with E-state index >= 15 is 0 Å². The Balaban J connectivity index is 1.05. The van der Waals surface area contributed by atoms with Crippen LogP contribution in [0.1, 0.15) is 87.4 Å². The standard InChI is InChI=1S/C48H53NO2S6/c1-9-32-10-12-35(13-11-32)48(36-18-14-33(15-19-36)46(2,3)4,37-20-16-34(17-21-37)47(5,6)7)38-22-24-39(25-23-38)51-27-26-50-28-29-53-43-42(52-8)56-45(57-43)44-54-40-30-49-31-41(40)55-44/h10-25,30-31,49H,9,26-29H2,1-8H3. The second-order valence-corrected chi connectivity index (χ2v) is 23.3. The zero-order valence-corrected chi connectivity index (χ0v) is 39.1. The fraction of sp³-hybridized carbons (Fsp3) is 0.333. The first kappa shape index (κ1) is 42.6. The van der Waals surface area contributed by atoms with E-state index < -0.39 is 5.41 Å². The van der Waals surface area contributed by atoms with Gasteiger partial charge in [-0.15, -0.1) is 23.5 Å². The molecule has 1 aromatic heterocycles. The number of thioether (sulfide) groups is 6. The molecule has 0 unspecified atom stereocenters. The monoisotopic (exact) mass is 867 g/mol. The highest BCUT2D eigenvalue weighted by atomic mass is 32.3. The van der Waals surface area contributed by atoms with Crippen LogP contribution in [-0.4, -0.2) is 36.8 Å². The van der Waals surface area contributed by atoms with E-state index in [0.717, 1.165) is 17.9 Å². The molecule has 7 rings (SSSR count). The van der Waals surface area contributed by atoms with Crippen molar-refractivity contribution in [1.29, 1.82) is 0 Å². The number of H-pyrrole nitrogens is 1. The second-order valence-electron chi connectivity index (χ2n) is 16.2. The lowest BCUT2D eigenvalue weighted by Crippen LogP contribution is -2.31. The molecule has 3 heterocycles. The third kappa shape index (κ3) is 9.61. The molecule has 298 valence electrons. The summed E-state index contributed by atoms with van der Waals surface area (Å²) in [6.45, 7) is 17.6. The third-order valence-corrected chi connectivity index (χ3v) is 18.8. The Hall–Kier alpha value is -2.50. The van der Waals surface area contributed by atoms with Gasteiger partial charge < -0.3 is 14.5 Å². The van der Waals surface area contributed by atoms with Gasteiger partial charge in [0.25, 0.3) is 0 Å². The average Bonchev–Trinajstić information content (AvgIpc) is 3.94. The van der Waals surface area contributed by atoms with Crippen molar-refractivity contribution in [2.75, 3.05) is 31.8 Å². The summed E-state index contributed by atoms with van der Waals surface area (Å²) in [5.74, 6) is 1.77. The SMILES string of the molecule is CCc1ccc(C(c2ccc(OCCOCCSC3=C(SC)SC(=C4Sc5c[nH]cc5S4)S3)cc2)(c2ccc(C(C)(C)C)cc2)c2ccc(C(C)(C)C)cc2)cc1. The summed E-state index contributed by atoms with van der Waals surface area (Å²) in [6, 6.07) is 36.7. The maximum atomic E-state index is 6.27. The van der Waals surface area contributed by atoms with Crippen LogP contribution in [0.5, 0.6) is 5.75 Å². The molecule has 0 amide bonds. The van der Waals surface area contributed by atoms with Crippen molar-refractivity contribution < 1.29 is 9.47 Å². The van der Waals surface area contributed by atoms with Gasteiger partial charge in [0.05, 0.1) is 35.6 Å². The predicted molar refractivity (Wildman–Crippen MR) is 256 cm³/mol. The topological polar surface area (TPSA) is 34.2 Å². The van der Waals surface area contributed by atoms with Gasteiger partial charge in [-0.25, -0.2) is 0 Å². The molecule has 0 saturated carbocycles. The van der Waals surface area contributed by atoms with Gasteiger partial charge in [-0.1, -0.05) is 180 Å².